The second-order valence-corrected chi connectivity index (χ2v) is 6.39. The Balaban J connectivity index is 1.86. The fourth-order valence-electron chi connectivity index (χ4n) is 2.48. The Labute approximate surface area is 103 Å². The van der Waals surface area contributed by atoms with Crippen LogP contribution in [0.25, 0.3) is 0 Å². The lowest BCUT2D eigenvalue weighted by Gasteiger charge is -2.20. The van der Waals surface area contributed by atoms with Crippen LogP contribution >= 0.6 is 11.3 Å². The lowest BCUT2D eigenvalue weighted by atomic mass is 10.2. The van der Waals surface area contributed by atoms with Gasteiger partial charge >= 0.3 is 0 Å². The molecule has 90 valence electrons. The zero-order chi connectivity index (χ0) is 11.5. The van der Waals surface area contributed by atoms with Gasteiger partial charge in [-0.3, -0.25) is 0 Å². The van der Waals surface area contributed by atoms with Gasteiger partial charge in [-0.2, -0.15) is 0 Å². The summed E-state index contributed by atoms with van der Waals surface area (Å²) in [5.74, 6) is 0. The Morgan fingerprint density at radius 2 is 2.31 bits per heavy atom. The molecule has 2 nitrogen and oxygen atoms in total. The van der Waals surface area contributed by atoms with E-state index < -0.39 is 0 Å². The predicted molar refractivity (Wildman–Crippen MR) is 71.2 cm³/mol. The maximum absolute atomic E-state index is 3.55. The first-order valence-corrected chi connectivity index (χ1v) is 6.94. The summed E-state index contributed by atoms with van der Waals surface area (Å²) in [7, 11) is 2.23. The van der Waals surface area contributed by atoms with Crippen LogP contribution in [0.3, 0.4) is 0 Å². The Morgan fingerprint density at radius 3 is 2.88 bits per heavy atom. The van der Waals surface area contributed by atoms with Gasteiger partial charge in [0.2, 0.25) is 0 Å². The van der Waals surface area contributed by atoms with E-state index in [-0.39, 0.29) is 0 Å². The number of hydrogen-bond donors (Lipinski definition) is 1. The molecule has 3 heteroatoms. The highest BCUT2D eigenvalue weighted by Gasteiger charge is 2.16. The molecule has 2 rings (SSSR count). The third-order valence-corrected chi connectivity index (χ3v) is 4.29. The van der Waals surface area contributed by atoms with Crippen molar-refractivity contribution in [2.24, 2.45) is 0 Å². The number of rotatable bonds is 4. The van der Waals surface area contributed by atoms with Gasteiger partial charge in [0, 0.05) is 28.9 Å². The van der Waals surface area contributed by atoms with Crippen molar-refractivity contribution in [3.8, 4) is 0 Å². The van der Waals surface area contributed by atoms with Gasteiger partial charge in [0.25, 0.3) is 0 Å². The van der Waals surface area contributed by atoms with Crippen LogP contribution in [-0.4, -0.2) is 31.1 Å². The summed E-state index contributed by atoms with van der Waals surface area (Å²) in [6.45, 7) is 7.89. The minimum atomic E-state index is 0.713. The van der Waals surface area contributed by atoms with E-state index >= 15 is 0 Å². The first-order chi connectivity index (χ1) is 7.65. The van der Waals surface area contributed by atoms with E-state index in [1.54, 1.807) is 0 Å². The molecule has 0 radical (unpaired) electrons. The third-order valence-electron chi connectivity index (χ3n) is 3.28. The zero-order valence-electron chi connectivity index (χ0n) is 10.5. The third kappa shape index (κ3) is 3.06. The molecule has 2 heterocycles. The van der Waals surface area contributed by atoms with E-state index in [1.165, 1.54) is 41.2 Å². The molecule has 0 aromatic carbocycles. The van der Waals surface area contributed by atoms with E-state index in [1.807, 2.05) is 11.3 Å². The minimum Gasteiger partial charge on any atom is -0.313 e. The normalized spacial score (nSPS) is 20.9. The molecule has 0 saturated carbocycles. The molecule has 1 aromatic heterocycles. The minimum absolute atomic E-state index is 0.713. The maximum Gasteiger partial charge on any atom is 0.0242 e. The second kappa shape index (κ2) is 5.30. The summed E-state index contributed by atoms with van der Waals surface area (Å²) < 4.78 is 0. The Bertz CT molecular complexity index is 340. The Hall–Kier alpha value is -0.380. The van der Waals surface area contributed by atoms with Crippen LogP contribution in [0.4, 0.5) is 0 Å². The van der Waals surface area contributed by atoms with Crippen molar-refractivity contribution in [2.45, 2.75) is 39.3 Å². The molecule has 1 N–H and O–H groups in total. The molecule has 1 aliphatic rings. The van der Waals surface area contributed by atoms with E-state index in [2.05, 4.69) is 37.2 Å². The second-order valence-electron chi connectivity index (χ2n) is 4.93. The van der Waals surface area contributed by atoms with Gasteiger partial charge in [0.15, 0.2) is 0 Å². The lowest BCUT2D eigenvalue weighted by Crippen LogP contribution is -2.34. The highest BCUT2D eigenvalue weighted by atomic mass is 32.1. The van der Waals surface area contributed by atoms with Crippen molar-refractivity contribution in [1.29, 1.82) is 0 Å². The molecule has 1 unspecified atom stereocenters. The number of nitrogens with zero attached hydrogens (tertiary/aromatic N) is 1. The number of hydrogen-bond acceptors (Lipinski definition) is 3. The van der Waals surface area contributed by atoms with E-state index in [9.17, 15) is 0 Å². The van der Waals surface area contributed by atoms with E-state index in [4.69, 9.17) is 0 Å². The molecule has 1 fully saturated rings. The highest BCUT2D eigenvalue weighted by Crippen LogP contribution is 2.21. The molecular formula is C13H22N2S. The standard InChI is InChI=1S/C13H22N2S/c1-10-7-12(11(2)16-10)8-15(3)9-13-5-4-6-14-13/h7,13-14H,4-6,8-9H2,1-3H3. The molecule has 0 amide bonds. The first-order valence-electron chi connectivity index (χ1n) is 6.13. The first kappa shape index (κ1) is 12.1. The van der Waals surface area contributed by atoms with Gasteiger partial charge in [-0.1, -0.05) is 0 Å². The van der Waals surface area contributed by atoms with Gasteiger partial charge in [0.05, 0.1) is 0 Å². The molecule has 0 bridgehead atoms. The summed E-state index contributed by atoms with van der Waals surface area (Å²) in [5, 5.41) is 3.55. The van der Waals surface area contributed by atoms with Crippen LogP contribution < -0.4 is 5.32 Å². The van der Waals surface area contributed by atoms with Crippen molar-refractivity contribution in [3.05, 3.63) is 21.4 Å². The Kier molecular flexibility index (Phi) is 4.00. The average Bonchev–Trinajstić information content (AvgIpc) is 2.78. The van der Waals surface area contributed by atoms with Crippen molar-refractivity contribution in [1.82, 2.24) is 10.2 Å². The van der Waals surface area contributed by atoms with Crippen LogP contribution in [0.1, 0.15) is 28.2 Å². The molecule has 0 aliphatic carbocycles. The summed E-state index contributed by atoms with van der Waals surface area (Å²) >= 11 is 1.91. The van der Waals surface area contributed by atoms with E-state index in [0.29, 0.717) is 6.04 Å². The fraction of sp³-hybridized carbons (Fsp3) is 0.692. The molecule has 1 saturated heterocycles. The van der Waals surface area contributed by atoms with Crippen LogP contribution in [0.5, 0.6) is 0 Å². The lowest BCUT2D eigenvalue weighted by molar-refractivity contribution is 0.293. The average molecular weight is 238 g/mol. The summed E-state index contributed by atoms with van der Waals surface area (Å²) in [4.78, 5) is 5.35. The molecular weight excluding hydrogens is 216 g/mol. The molecule has 0 spiro atoms. The van der Waals surface area contributed by atoms with Crippen molar-refractivity contribution >= 4 is 11.3 Å². The number of aryl methyl sites for hydroxylation is 2. The largest absolute Gasteiger partial charge is 0.313 e. The monoisotopic (exact) mass is 238 g/mol. The predicted octanol–water partition coefficient (Wildman–Crippen LogP) is 2.55. The van der Waals surface area contributed by atoms with Crippen molar-refractivity contribution < 1.29 is 0 Å². The Morgan fingerprint density at radius 1 is 1.50 bits per heavy atom. The highest BCUT2D eigenvalue weighted by molar-refractivity contribution is 7.12. The smallest absolute Gasteiger partial charge is 0.0242 e. The molecule has 16 heavy (non-hydrogen) atoms. The van der Waals surface area contributed by atoms with Gasteiger partial charge in [-0.05, 0) is 51.9 Å². The SMILES string of the molecule is Cc1cc(CN(C)CC2CCCN2)c(C)s1. The van der Waals surface area contributed by atoms with Gasteiger partial charge in [-0.15, -0.1) is 11.3 Å². The number of thiophene rings is 1. The summed E-state index contributed by atoms with van der Waals surface area (Å²) in [6.07, 6.45) is 2.68. The zero-order valence-corrected chi connectivity index (χ0v) is 11.4. The summed E-state index contributed by atoms with van der Waals surface area (Å²) in [6, 6.07) is 3.04. The van der Waals surface area contributed by atoms with Crippen molar-refractivity contribution in [3.63, 3.8) is 0 Å². The maximum atomic E-state index is 3.55. The van der Waals surface area contributed by atoms with Gasteiger partial charge in [0.1, 0.15) is 0 Å². The van der Waals surface area contributed by atoms with Crippen LogP contribution in [0, 0.1) is 13.8 Å². The summed E-state index contributed by atoms with van der Waals surface area (Å²) in [5.41, 5.74) is 1.50. The quantitative estimate of drug-likeness (QED) is 0.867. The van der Waals surface area contributed by atoms with E-state index in [0.717, 1.165) is 6.54 Å². The van der Waals surface area contributed by atoms with Crippen LogP contribution in [0.2, 0.25) is 0 Å². The fourth-order valence-corrected chi connectivity index (χ4v) is 3.42. The van der Waals surface area contributed by atoms with Gasteiger partial charge < -0.3 is 10.2 Å². The topological polar surface area (TPSA) is 15.3 Å². The molecule has 1 aromatic rings. The van der Waals surface area contributed by atoms with Crippen LogP contribution in [-0.2, 0) is 6.54 Å². The van der Waals surface area contributed by atoms with Crippen molar-refractivity contribution in [2.75, 3.05) is 20.1 Å². The number of nitrogens with one attached hydrogen (secondary N) is 1. The van der Waals surface area contributed by atoms with Gasteiger partial charge in [-0.25, -0.2) is 0 Å². The van der Waals surface area contributed by atoms with Crippen LogP contribution in [0.15, 0.2) is 6.07 Å². The molecule has 1 atom stereocenters. The molecule has 1 aliphatic heterocycles. The number of likely N-dealkylation sites (N-methyl/N-ethyl adjacent to an activating group) is 1.